The molecule has 0 saturated carbocycles. The van der Waals surface area contributed by atoms with E-state index in [-0.39, 0.29) is 5.97 Å². The van der Waals surface area contributed by atoms with E-state index in [1.807, 2.05) is 57.2 Å². The van der Waals surface area contributed by atoms with Gasteiger partial charge in [-0.2, -0.15) is 0 Å². The first kappa shape index (κ1) is 18.9. The molecule has 0 aliphatic heterocycles. The standard InChI is InChI=1S/C20H25NO4/c1-5-24-19(22)20(2,3)16-8-6-15(7-9-16)18-11-10-17(14-21-18)25-13-12-23-4/h6-11,14H,5,12-13H2,1-4H3. The lowest BCUT2D eigenvalue weighted by Gasteiger charge is -2.23. The van der Waals surface area contributed by atoms with Crippen LogP contribution in [0.4, 0.5) is 0 Å². The van der Waals surface area contributed by atoms with Gasteiger partial charge in [-0.15, -0.1) is 0 Å². The molecule has 5 nitrogen and oxygen atoms in total. The summed E-state index contributed by atoms with van der Waals surface area (Å²) in [5.74, 6) is 0.485. The number of hydrogen-bond donors (Lipinski definition) is 0. The number of rotatable bonds is 8. The third-order valence-corrected chi connectivity index (χ3v) is 3.98. The van der Waals surface area contributed by atoms with E-state index in [2.05, 4.69) is 4.98 Å². The summed E-state index contributed by atoms with van der Waals surface area (Å²) in [6.45, 7) is 6.96. The molecule has 0 N–H and O–H groups in total. The minimum Gasteiger partial charge on any atom is -0.490 e. The highest BCUT2D eigenvalue weighted by Crippen LogP contribution is 2.27. The van der Waals surface area contributed by atoms with E-state index in [4.69, 9.17) is 14.2 Å². The van der Waals surface area contributed by atoms with Gasteiger partial charge in [0, 0.05) is 12.7 Å². The summed E-state index contributed by atoms with van der Waals surface area (Å²) < 4.78 is 15.6. The summed E-state index contributed by atoms with van der Waals surface area (Å²) >= 11 is 0. The predicted molar refractivity (Wildman–Crippen MR) is 96.7 cm³/mol. The topological polar surface area (TPSA) is 57.7 Å². The van der Waals surface area contributed by atoms with Crippen LogP contribution in [0.1, 0.15) is 26.3 Å². The van der Waals surface area contributed by atoms with Crippen LogP contribution in [-0.4, -0.2) is 37.9 Å². The normalized spacial score (nSPS) is 11.2. The first-order valence-electron chi connectivity index (χ1n) is 8.35. The maximum Gasteiger partial charge on any atom is 0.315 e. The molecule has 0 aliphatic rings. The lowest BCUT2D eigenvalue weighted by atomic mass is 9.84. The van der Waals surface area contributed by atoms with Gasteiger partial charge in [-0.05, 0) is 38.5 Å². The first-order chi connectivity index (χ1) is 12.0. The van der Waals surface area contributed by atoms with Crippen LogP contribution in [0.2, 0.25) is 0 Å². The zero-order valence-corrected chi connectivity index (χ0v) is 15.2. The second kappa shape index (κ2) is 8.62. The van der Waals surface area contributed by atoms with Crippen LogP contribution in [-0.2, 0) is 19.7 Å². The van der Waals surface area contributed by atoms with Gasteiger partial charge in [-0.1, -0.05) is 24.3 Å². The van der Waals surface area contributed by atoms with E-state index in [1.165, 1.54) is 0 Å². The SMILES string of the molecule is CCOC(=O)C(C)(C)c1ccc(-c2ccc(OCCOC)cn2)cc1. The second-order valence-electron chi connectivity index (χ2n) is 6.14. The van der Waals surface area contributed by atoms with Crippen molar-refractivity contribution >= 4 is 5.97 Å². The molecule has 0 atom stereocenters. The van der Waals surface area contributed by atoms with Crippen molar-refractivity contribution in [2.45, 2.75) is 26.2 Å². The van der Waals surface area contributed by atoms with E-state index in [9.17, 15) is 4.79 Å². The van der Waals surface area contributed by atoms with Crippen molar-refractivity contribution in [3.63, 3.8) is 0 Å². The van der Waals surface area contributed by atoms with Gasteiger partial charge in [-0.25, -0.2) is 0 Å². The van der Waals surface area contributed by atoms with Crippen LogP contribution < -0.4 is 4.74 Å². The number of methoxy groups -OCH3 is 1. The number of hydrogen-bond acceptors (Lipinski definition) is 5. The lowest BCUT2D eigenvalue weighted by molar-refractivity contribution is -0.148. The minimum absolute atomic E-state index is 0.224. The zero-order valence-electron chi connectivity index (χ0n) is 15.2. The van der Waals surface area contributed by atoms with E-state index in [1.54, 1.807) is 13.3 Å². The van der Waals surface area contributed by atoms with E-state index in [0.29, 0.717) is 25.6 Å². The summed E-state index contributed by atoms with van der Waals surface area (Å²) in [5.41, 5.74) is 2.06. The number of carbonyl (C=O) groups is 1. The summed E-state index contributed by atoms with van der Waals surface area (Å²) in [6, 6.07) is 11.6. The molecule has 0 unspecified atom stereocenters. The van der Waals surface area contributed by atoms with Crippen molar-refractivity contribution in [3.8, 4) is 17.0 Å². The minimum atomic E-state index is -0.680. The molecule has 1 heterocycles. The lowest BCUT2D eigenvalue weighted by Crippen LogP contribution is -2.31. The Kier molecular flexibility index (Phi) is 6.53. The molecule has 134 valence electrons. The van der Waals surface area contributed by atoms with Gasteiger partial charge in [0.15, 0.2) is 0 Å². The van der Waals surface area contributed by atoms with E-state index >= 15 is 0 Å². The van der Waals surface area contributed by atoms with Crippen LogP contribution in [0.5, 0.6) is 5.75 Å². The van der Waals surface area contributed by atoms with Crippen molar-refractivity contribution in [2.75, 3.05) is 26.9 Å². The third-order valence-electron chi connectivity index (χ3n) is 3.98. The molecular formula is C20H25NO4. The highest BCUT2D eigenvalue weighted by molar-refractivity contribution is 5.82. The Labute approximate surface area is 148 Å². The van der Waals surface area contributed by atoms with Crippen LogP contribution in [0.3, 0.4) is 0 Å². The number of pyridine rings is 1. The summed E-state index contributed by atoms with van der Waals surface area (Å²) in [5, 5.41) is 0. The number of nitrogens with zero attached hydrogens (tertiary/aromatic N) is 1. The highest BCUT2D eigenvalue weighted by Gasteiger charge is 2.31. The molecule has 5 heteroatoms. The van der Waals surface area contributed by atoms with E-state index in [0.717, 1.165) is 16.8 Å². The molecule has 0 fully saturated rings. The Bertz CT molecular complexity index is 678. The fraction of sp³-hybridized carbons (Fsp3) is 0.400. The molecule has 0 spiro atoms. The molecule has 1 aromatic heterocycles. The smallest absolute Gasteiger partial charge is 0.315 e. The van der Waals surface area contributed by atoms with Crippen molar-refractivity contribution in [3.05, 3.63) is 48.2 Å². The van der Waals surface area contributed by atoms with Gasteiger partial charge in [0.2, 0.25) is 0 Å². The van der Waals surface area contributed by atoms with Crippen LogP contribution >= 0.6 is 0 Å². The largest absolute Gasteiger partial charge is 0.490 e. The highest BCUT2D eigenvalue weighted by atomic mass is 16.5. The quantitative estimate of drug-likeness (QED) is 0.541. The van der Waals surface area contributed by atoms with Crippen molar-refractivity contribution in [1.29, 1.82) is 0 Å². The Balaban J connectivity index is 2.10. The summed E-state index contributed by atoms with van der Waals surface area (Å²) in [4.78, 5) is 16.5. The maximum atomic E-state index is 12.1. The van der Waals surface area contributed by atoms with Gasteiger partial charge >= 0.3 is 5.97 Å². The Morgan fingerprint density at radius 2 is 1.80 bits per heavy atom. The molecule has 0 bridgehead atoms. The van der Waals surface area contributed by atoms with Gasteiger partial charge in [0.25, 0.3) is 0 Å². The molecule has 2 rings (SSSR count). The number of carbonyl (C=O) groups excluding carboxylic acids is 1. The van der Waals surface area contributed by atoms with Crippen LogP contribution in [0.25, 0.3) is 11.3 Å². The Morgan fingerprint density at radius 3 is 2.36 bits per heavy atom. The van der Waals surface area contributed by atoms with E-state index < -0.39 is 5.41 Å². The third kappa shape index (κ3) is 4.79. The number of benzene rings is 1. The van der Waals surface area contributed by atoms with Gasteiger partial charge in [0.05, 0.1) is 30.5 Å². The molecule has 0 amide bonds. The van der Waals surface area contributed by atoms with Crippen molar-refractivity contribution in [1.82, 2.24) is 4.98 Å². The van der Waals surface area contributed by atoms with Crippen molar-refractivity contribution in [2.24, 2.45) is 0 Å². The van der Waals surface area contributed by atoms with Gasteiger partial charge in [-0.3, -0.25) is 9.78 Å². The average molecular weight is 343 g/mol. The summed E-state index contributed by atoms with van der Waals surface area (Å²) in [7, 11) is 1.64. The molecule has 0 aliphatic carbocycles. The molecule has 0 radical (unpaired) electrons. The van der Waals surface area contributed by atoms with Crippen molar-refractivity contribution < 1.29 is 19.0 Å². The van der Waals surface area contributed by atoms with Crippen LogP contribution in [0, 0.1) is 0 Å². The summed E-state index contributed by atoms with van der Waals surface area (Å²) in [6.07, 6.45) is 1.70. The number of esters is 1. The van der Waals surface area contributed by atoms with Crippen LogP contribution in [0.15, 0.2) is 42.6 Å². The second-order valence-corrected chi connectivity index (χ2v) is 6.14. The van der Waals surface area contributed by atoms with Gasteiger partial charge in [0.1, 0.15) is 12.4 Å². The molecule has 0 saturated heterocycles. The Hall–Kier alpha value is -2.40. The monoisotopic (exact) mass is 343 g/mol. The molecule has 2 aromatic rings. The molecule has 1 aromatic carbocycles. The van der Waals surface area contributed by atoms with Gasteiger partial charge < -0.3 is 14.2 Å². The number of aromatic nitrogens is 1. The average Bonchev–Trinajstić information content (AvgIpc) is 2.63. The molecule has 25 heavy (non-hydrogen) atoms. The maximum absolute atomic E-state index is 12.1. The number of ether oxygens (including phenoxy) is 3. The predicted octanol–water partition coefficient (Wildman–Crippen LogP) is 3.61. The zero-order chi connectivity index (χ0) is 18.3. The fourth-order valence-electron chi connectivity index (χ4n) is 2.37. The first-order valence-corrected chi connectivity index (χ1v) is 8.35. The fourth-order valence-corrected chi connectivity index (χ4v) is 2.37. The Morgan fingerprint density at radius 1 is 1.08 bits per heavy atom. The molecular weight excluding hydrogens is 318 g/mol.